The van der Waals surface area contributed by atoms with Crippen molar-refractivity contribution in [3.05, 3.63) is 35.5 Å². The van der Waals surface area contributed by atoms with Crippen LogP contribution in [0.15, 0.2) is 33.7 Å². The summed E-state index contributed by atoms with van der Waals surface area (Å²) in [4.78, 5) is 12.3. The highest BCUT2D eigenvalue weighted by Crippen LogP contribution is 2.27. The number of carbonyl (C=O) groups excluding carboxylic acids is 1. The molecule has 0 saturated carbocycles. The van der Waals surface area contributed by atoms with Gasteiger partial charge in [0.1, 0.15) is 5.75 Å². The number of nitrogens with one attached hydrogen (secondary N) is 1. The Morgan fingerprint density at radius 1 is 1.24 bits per heavy atom. The Balaban J connectivity index is 1.60. The van der Waals surface area contributed by atoms with Gasteiger partial charge in [-0.2, -0.15) is 0 Å². The molecule has 0 spiro atoms. The number of sulfone groups is 1. The molecule has 0 atom stereocenters. The van der Waals surface area contributed by atoms with Crippen molar-refractivity contribution in [2.75, 3.05) is 18.2 Å². The maximum Gasteiger partial charge on any atom is 0.234 e. The lowest BCUT2D eigenvalue weighted by atomic mass is 9.98. The van der Waals surface area contributed by atoms with Crippen molar-refractivity contribution < 1.29 is 22.5 Å². The van der Waals surface area contributed by atoms with Crippen LogP contribution < -0.4 is 10.1 Å². The quantitative estimate of drug-likeness (QED) is 0.845. The van der Waals surface area contributed by atoms with Gasteiger partial charge in [-0.05, 0) is 49.9 Å². The summed E-state index contributed by atoms with van der Waals surface area (Å²) in [5.74, 6) is 0.247. The van der Waals surface area contributed by atoms with Crippen LogP contribution in [0, 0.1) is 0 Å². The van der Waals surface area contributed by atoms with Crippen molar-refractivity contribution in [3.63, 3.8) is 0 Å². The van der Waals surface area contributed by atoms with Gasteiger partial charge in [-0.15, -0.1) is 0 Å². The minimum atomic E-state index is -3.54. The van der Waals surface area contributed by atoms with Crippen molar-refractivity contribution in [1.82, 2.24) is 5.16 Å². The van der Waals surface area contributed by atoms with Gasteiger partial charge in [-0.3, -0.25) is 10.1 Å². The fourth-order valence-corrected chi connectivity index (χ4v) is 4.05. The predicted octanol–water partition coefficient (Wildman–Crippen LogP) is 2.36. The molecule has 1 N–H and O–H groups in total. The highest BCUT2D eigenvalue weighted by molar-refractivity contribution is 7.91. The van der Waals surface area contributed by atoms with Gasteiger partial charge in [0.15, 0.2) is 9.84 Å². The molecule has 0 aliphatic heterocycles. The maximum atomic E-state index is 12.3. The average Bonchev–Trinajstić information content (AvgIpc) is 3.03. The molecular weight excluding hydrogens is 344 g/mol. The van der Waals surface area contributed by atoms with E-state index in [2.05, 4.69) is 10.5 Å². The SMILES string of the molecule is COc1ccc(S(=O)(=O)CCC(=O)Nc2onc3c2CCCC3)cc1. The third-order valence-corrected chi connectivity index (χ3v) is 5.96. The molecule has 0 unspecified atom stereocenters. The zero-order valence-electron chi connectivity index (χ0n) is 13.9. The lowest BCUT2D eigenvalue weighted by molar-refractivity contribution is -0.116. The number of hydrogen-bond donors (Lipinski definition) is 1. The first kappa shape index (κ1) is 17.5. The van der Waals surface area contributed by atoms with Gasteiger partial charge < -0.3 is 9.26 Å². The first-order chi connectivity index (χ1) is 12.0. The number of fused-ring (bicyclic) bond motifs is 1. The number of nitrogens with zero attached hydrogens (tertiary/aromatic N) is 1. The van der Waals surface area contributed by atoms with Crippen molar-refractivity contribution in [1.29, 1.82) is 0 Å². The molecule has 1 heterocycles. The molecule has 1 aliphatic carbocycles. The topological polar surface area (TPSA) is 98.5 Å². The monoisotopic (exact) mass is 364 g/mol. The molecule has 0 saturated heterocycles. The number of rotatable bonds is 6. The molecule has 7 nitrogen and oxygen atoms in total. The van der Waals surface area contributed by atoms with E-state index < -0.39 is 15.7 Å². The van der Waals surface area contributed by atoms with Gasteiger partial charge >= 0.3 is 0 Å². The Hall–Kier alpha value is -2.35. The zero-order valence-corrected chi connectivity index (χ0v) is 14.8. The summed E-state index contributed by atoms with van der Waals surface area (Å²) in [6, 6.07) is 6.10. The van der Waals surface area contributed by atoms with Crippen LogP contribution in [0.2, 0.25) is 0 Å². The lowest BCUT2D eigenvalue weighted by Crippen LogP contribution is -2.18. The van der Waals surface area contributed by atoms with Crippen molar-refractivity contribution in [2.24, 2.45) is 0 Å². The second-order valence-corrected chi connectivity index (χ2v) is 8.05. The number of aromatic nitrogens is 1. The summed E-state index contributed by atoms with van der Waals surface area (Å²) < 4.78 is 34.8. The first-order valence-electron chi connectivity index (χ1n) is 8.13. The van der Waals surface area contributed by atoms with Gasteiger partial charge in [0.2, 0.25) is 11.8 Å². The molecule has 1 aromatic heterocycles. The minimum absolute atomic E-state index is 0.149. The highest BCUT2D eigenvalue weighted by atomic mass is 32.2. The lowest BCUT2D eigenvalue weighted by Gasteiger charge is -2.10. The van der Waals surface area contributed by atoms with Crippen LogP contribution in [-0.4, -0.2) is 32.3 Å². The van der Waals surface area contributed by atoms with E-state index in [0.717, 1.165) is 36.9 Å². The van der Waals surface area contributed by atoms with Crippen molar-refractivity contribution in [3.8, 4) is 5.75 Å². The predicted molar refractivity (Wildman–Crippen MR) is 91.4 cm³/mol. The van der Waals surface area contributed by atoms with Crippen LogP contribution in [0.1, 0.15) is 30.5 Å². The Morgan fingerprint density at radius 3 is 2.68 bits per heavy atom. The molecule has 25 heavy (non-hydrogen) atoms. The molecule has 1 aromatic carbocycles. The summed E-state index contributed by atoms with van der Waals surface area (Å²) in [6.45, 7) is 0. The van der Waals surface area contributed by atoms with E-state index >= 15 is 0 Å². The molecule has 1 amide bonds. The second kappa shape index (κ2) is 7.26. The van der Waals surface area contributed by atoms with E-state index in [0.29, 0.717) is 11.6 Å². The van der Waals surface area contributed by atoms with Gasteiger partial charge in [0.25, 0.3) is 0 Å². The molecule has 134 valence electrons. The third-order valence-electron chi connectivity index (χ3n) is 4.23. The molecule has 0 fully saturated rings. The fraction of sp³-hybridized carbons (Fsp3) is 0.412. The van der Waals surface area contributed by atoms with E-state index in [1.54, 1.807) is 12.1 Å². The molecule has 1 aliphatic rings. The van der Waals surface area contributed by atoms with E-state index in [1.165, 1.54) is 19.2 Å². The van der Waals surface area contributed by atoms with E-state index in [9.17, 15) is 13.2 Å². The van der Waals surface area contributed by atoms with Crippen LogP contribution in [0.25, 0.3) is 0 Å². The fourth-order valence-electron chi connectivity index (χ4n) is 2.81. The smallest absolute Gasteiger partial charge is 0.234 e. The van der Waals surface area contributed by atoms with Crippen LogP contribution in [0.5, 0.6) is 5.75 Å². The van der Waals surface area contributed by atoms with Crippen LogP contribution in [0.4, 0.5) is 5.88 Å². The number of anilines is 1. The van der Waals surface area contributed by atoms with Crippen LogP contribution in [0.3, 0.4) is 0 Å². The number of methoxy groups -OCH3 is 1. The molecule has 8 heteroatoms. The molecular formula is C17H20N2O5S. The number of ether oxygens (including phenoxy) is 1. The van der Waals surface area contributed by atoms with Gasteiger partial charge in [-0.25, -0.2) is 8.42 Å². The Labute approximate surface area is 146 Å². The Morgan fingerprint density at radius 2 is 1.96 bits per heavy atom. The number of benzene rings is 1. The molecule has 0 radical (unpaired) electrons. The summed E-state index contributed by atoms with van der Waals surface area (Å²) in [7, 11) is -2.03. The highest BCUT2D eigenvalue weighted by Gasteiger charge is 2.22. The number of aryl methyl sites for hydroxylation is 1. The largest absolute Gasteiger partial charge is 0.497 e. The van der Waals surface area contributed by atoms with Crippen LogP contribution >= 0.6 is 0 Å². The van der Waals surface area contributed by atoms with Gasteiger partial charge in [-0.1, -0.05) is 5.16 Å². The van der Waals surface area contributed by atoms with Crippen LogP contribution in [-0.2, 0) is 27.5 Å². The Bertz CT molecular complexity index is 856. The first-order valence-corrected chi connectivity index (χ1v) is 9.79. The third kappa shape index (κ3) is 4.01. The summed E-state index contributed by atoms with van der Waals surface area (Å²) in [6.07, 6.45) is 3.61. The summed E-state index contributed by atoms with van der Waals surface area (Å²) >= 11 is 0. The number of amides is 1. The van der Waals surface area contributed by atoms with Crippen molar-refractivity contribution in [2.45, 2.75) is 37.0 Å². The summed E-state index contributed by atoms with van der Waals surface area (Å²) in [5, 5.41) is 6.60. The number of hydrogen-bond acceptors (Lipinski definition) is 6. The molecule has 3 rings (SSSR count). The average molecular weight is 364 g/mol. The zero-order chi connectivity index (χ0) is 17.9. The van der Waals surface area contributed by atoms with E-state index in [4.69, 9.17) is 9.26 Å². The number of carbonyl (C=O) groups is 1. The molecule has 2 aromatic rings. The minimum Gasteiger partial charge on any atom is -0.497 e. The van der Waals surface area contributed by atoms with E-state index in [1.807, 2.05) is 0 Å². The molecule has 0 bridgehead atoms. The Kier molecular flexibility index (Phi) is 5.08. The van der Waals surface area contributed by atoms with Gasteiger partial charge in [0, 0.05) is 12.0 Å². The normalized spacial score (nSPS) is 14.0. The van der Waals surface area contributed by atoms with Gasteiger partial charge in [0.05, 0.1) is 23.5 Å². The summed E-state index contributed by atoms with van der Waals surface area (Å²) in [5.41, 5.74) is 1.81. The second-order valence-electron chi connectivity index (χ2n) is 5.94. The van der Waals surface area contributed by atoms with Crippen molar-refractivity contribution >= 4 is 21.6 Å². The maximum absolute atomic E-state index is 12.3. The van der Waals surface area contributed by atoms with E-state index in [-0.39, 0.29) is 17.1 Å². The standard InChI is InChI=1S/C17H20N2O5S/c1-23-12-6-8-13(9-7-12)25(21,22)11-10-16(20)18-17-14-4-2-3-5-15(14)19-24-17/h6-9H,2-5,10-11H2,1H3,(H,18,20).